The molecule has 0 amide bonds. The van der Waals surface area contributed by atoms with Crippen molar-refractivity contribution in [3.05, 3.63) is 70.8 Å². The van der Waals surface area contributed by atoms with Gasteiger partial charge in [0.2, 0.25) is 0 Å². The summed E-state index contributed by atoms with van der Waals surface area (Å²) < 4.78 is 27.4. The van der Waals surface area contributed by atoms with Crippen molar-refractivity contribution in [3.8, 4) is 17.1 Å². The number of esters is 1. The van der Waals surface area contributed by atoms with Crippen LogP contribution in [-0.4, -0.2) is 29.2 Å². The highest BCUT2D eigenvalue weighted by atomic mass is 19.1. The molecule has 0 spiro atoms. The molecule has 3 rings (SSSR count). The molecule has 1 aromatic heterocycles. The minimum atomic E-state index is -0.463. The number of aryl methyl sites for hydroxylation is 1. The Morgan fingerprint density at radius 1 is 1.20 bits per heavy atom. The zero-order valence-electron chi connectivity index (χ0n) is 17.4. The van der Waals surface area contributed by atoms with Gasteiger partial charge in [-0.15, -0.1) is 0 Å². The Bertz CT molecular complexity index is 1050. The van der Waals surface area contributed by atoms with Gasteiger partial charge in [0.1, 0.15) is 5.82 Å². The van der Waals surface area contributed by atoms with E-state index < -0.39 is 5.97 Å². The highest BCUT2D eigenvalue weighted by molar-refractivity contribution is 5.97. The quantitative estimate of drug-likeness (QED) is 0.568. The van der Waals surface area contributed by atoms with Crippen LogP contribution in [0.15, 0.2) is 42.5 Å². The molecule has 7 heteroatoms. The number of aromatic nitrogens is 2. The maximum Gasteiger partial charge on any atom is 0.338 e. The lowest BCUT2D eigenvalue weighted by atomic mass is 9.98. The van der Waals surface area contributed by atoms with E-state index in [9.17, 15) is 4.79 Å². The molecule has 0 atom stereocenters. The van der Waals surface area contributed by atoms with Crippen molar-refractivity contribution in [3.63, 3.8) is 0 Å². The van der Waals surface area contributed by atoms with Crippen molar-refractivity contribution in [2.24, 2.45) is 5.73 Å². The molecule has 0 aliphatic rings. The number of ether oxygens (including phenoxy) is 2. The van der Waals surface area contributed by atoms with E-state index in [-0.39, 0.29) is 18.9 Å². The Labute approximate surface area is 175 Å². The molecule has 0 aliphatic heterocycles. The van der Waals surface area contributed by atoms with Crippen LogP contribution in [0.25, 0.3) is 11.1 Å². The lowest BCUT2D eigenvalue weighted by molar-refractivity contribution is 0.0601. The summed E-state index contributed by atoms with van der Waals surface area (Å²) in [4.78, 5) is 16.6. The fourth-order valence-electron chi connectivity index (χ4n) is 3.46. The summed E-state index contributed by atoms with van der Waals surface area (Å²) in [5, 5.41) is 0. The number of rotatable bonds is 8. The average Bonchev–Trinajstić information content (AvgIpc) is 3.11. The second-order valence-electron chi connectivity index (χ2n) is 6.71. The molecule has 2 aromatic carbocycles. The number of carbonyl (C=O) groups is 1. The van der Waals surface area contributed by atoms with Crippen LogP contribution in [0.3, 0.4) is 0 Å². The van der Waals surface area contributed by atoms with Crippen LogP contribution in [0, 0.1) is 5.82 Å². The van der Waals surface area contributed by atoms with Gasteiger partial charge < -0.3 is 15.2 Å². The third-order valence-corrected chi connectivity index (χ3v) is 4.95. The first-order valence-electron chi connectivity index (χ1n) is 9.91. The molecule has 0 saturated heterocycles. The summed E-state index contributed by atoms with van der Waals surface area (Å²) in [5.74, 6) is -0.848. The van der Waals surface area contributed by atoms with Crippen molar-refractivity contribution in [1.29, 1.82) is 0 Å². The van der Waals surface area contributed by atoms with E-state index in [4.69, 9.17) is 15.2 Å². The number of hydrogen-bond acceptors (Lipinski definition) is 5. The first kappa shape index (κ1) is 21.5. The SMILES string of the molecule is CCOc1nc(CC)c(CN)n1Cc1ccc(-c2ccccc2C(=O)OC)cc1F. The van der Waals surface area contributed by atoms with Crippen LogP contribution in [0.1, 0.15) is 41.2 Å². The Kier molecular flexibility index (Phi) is 6.84. The van der Waals surface area contributed by atoms with E-state index in [2.05, 4.69) is 4.98 Å². The molecule has 3 aromatic rings. The van der Waals surface area contributed by atoms with Gasteiger partial charge in [0.15, 0.2) is 0 Å². The second-order valence-corrected chi connectivity index (χ2v) is 6.71. The van der Waals surface area contributed by atoms with Crippen molar-refractivity contribution >= 4 is 5.97 Å². The number of methoxy groups -OCH3 is 1. The minimum Gasteiger partial charge on any atom is -0.465 e. The Morgan fingerprint density at radius 2 is 1.97 bits per heavy atom. The topological polar surface area (TPSA) is 79.4 Å². The smallest absolute Gasteiger partial charge is 0.338 e. The highest BCUT2D eigenvalue weighted by Crippen LogP contribution is 2.28. The normalized spacial score (nSPS) is 10.8. The van der Waals surface area contributed by atoms with Crippen LogP contribution in [-0.2, 0) is 24.2 Å². The third kappa shape index (κ3) is 4.21. The average molecular weight is 411 g/mol. The van der Waals surface area contributed by atoms with Gasteiger partial charge >= 0.3 is 5.97 Å². The number of nitrogens with zero attached hydrogens (tertiary/aromatic N) is 2. The van der Waals surface area contributed by atoms with Crippen LogP contribution in [0.5, 0.6) is 6.01 Å². The monoisotopic (exact) mass is 411 g/mol. The molecule has 0 bridgehead atoms. The summed E-state index contributed by atoms with van der Waals surface area (Å²) in [6.07, 6.45) is 0.714. The molecule has 0 radical (unpaired) electrons. The predicted molar refractivity (Wildman–Crippen MR) is 113 cm³/mol. The molecule has 0 unspecified atom stereocenters. The van der Waals surface area contributed by atoms with Gasteiger partial charge in [0.05, 0.1) is 37.2 Å². The highest BCUT2D eigenvalue weighted by Gasteiger charge is 2.19. The molecule has 1 heterocycles. The molecule has 0 fully saturated rings. The lowest BCUT2D eigenvalue weighted by Crippen LogP contribution is -2.12. The van der Waals surface area contributed by atoms with Crippen LogP contribution < -0.4 is 10.5 Å². The first-order valence-corrected chi connectivity index (χ1v) is 9.91. The summed E-state index contributed by atoms with van der Waals surface area (Å²) in [6, 6.07) is 12.3. The Balaban J connectivity index is 1.99. The molecule has 0 saturated carbocycles. The van der Waals surface area contributed by atoms with E-state index in [1.165, 1.54) is 13.2 Å². The van der Waals surface area contributed by atoms with E-state index in [1.54, 1.807) is 36.4 Å². The van der Waals surface area contributed by atoms with Gasteiger partial charge in [-0.05, 0) is 36.6 Å². The summed E-state index contributed by atoms with van der Waals surface area (Å²) in [6.45, 7) is 4.86. The van der Waals surface area contributed by atoms with Gasteiger partial charge in [-0.25, -0.2) is 9.18 Å². The van der Waals surface area contributed by atoms with Crippen molar-refractivity contribution in [2.75, 3.05) is 13.7 Å². The first-order chi connectivity index (χ1) is 14.5. The standard InChI is InChI=1S/C23H26FN3O3/c1-4-20-21(13-25)27(23(26-20)30-5-2)14-16-11-10-15(12-19(16)24)17-8-6-7-9-18(17)22(28)29-3/h6-12H,4-5,13-14,25H2,1-3H3. The summed E-state index contributed by atoms with van der Waals surface area (Å²) in [5.41, 5.74) is 9.69. The molecule has 6 nitrogen and oxygen atoms in total. The fourth-order valence-corrected chi connectivity index (χ4v) is 3.46. The van der Waals surface area contributed by atoms with Crippen LogP contribution in [0.4, 0.5) is 4.39 Å². The molecule has 30 heavy (non-hydrogen) atoms. The van der Waals surface area contributed by atoms with Crippen molar-refractivity contribution in [1.82, 2.24) is 9.55 Å². The number of halogens is 1. The maximum absolute atomic E-state index is 15.1. The number of benzene rings is 2. The molecular formula is C23H26FN3O3. The molecular weight excluding hydrogens is 385 g/mol. The van der Waals surface area contributed by atoms with E-state index in [0.717, 1.165) is 11.4 Å². The van der Waals surface area contributed by atoms with Gasteiger partial charge in [-0.1, -0.05) is 37.3 Å². The summed E-state index contributed by atoms with van der Waals surface area (Å²) in [7, 11) is 1.32. The number of hydrogen-bond donors (Lipinski definition) is 1. The van der Waals surface area contributed by atoms with Gasteiger partial charge in [-0.2, -0.15) is 4.98 Å². The van der Waals surface area contributed by atoms with Crippen molar-refractivity contribution in [2.45, 2.75) is 33.4 Å². The Morgan fingerprint density at radius 3 is 2.60 bits per heavy atom. The van der Waals surface area contributed by atoms with Crippen LogP contribution in [0.2, 0.25) is 0 Å². The van der Waals surface area contributed by atoms with E-state index in [0.29, 0.717) is 41.3 Å². The zero-order chi connectivity index (χ0) is 21.7. The third-order valence-electron chi connectivity index (χ3n) is 4.95. The Hall–Kier alpha value is -3.19. The second kappa shape index (κ2) is 9.54. The maximum atomic E-state index is 15.1. The van der Waals surface area contributed by atoms with E-state index in [1.807, 2.05) is 18.4 Å². The molecule has 158 valence electrons. The van der Waals surface area contributed by atoms with Gasteiger partial charge in [0, 0.05) is 12.1 Å². The number of nitrogens with two attached hydrogens (primary N) is 1. The van der Waals surface area contributed by atoms with Crippen molar-refractivity contribution < 1.29 is 18.7 Å². The zero-order valence-corrected chi connectivity index (χ0v) is 17.4. The largest absolute Gasteiger partial charge is 0.465 e. The molecule has 0 aliphatic carbocycles. The number of imidazole rings is 1. The fraction of sp³-hybridized carbons (Fsp3) is 0.304. The van der Waals surface area contributed by atoms with E-state index >= 15 is 4.39 Å². The predicted octanol–water partition coefficient (Wildman–Crippen LogP) is 3.94. The molecule has 2 N–H and O–H groups in total. The lowest BCUT2D eigenvalue weighted by Gasteiger charge is -2.13. The number of carbonyl (C=O) groups excluding carboxylic acids is 1. The van der Waals surface area contributed by atoms with Gasteiger partial charge in [0.25, 0.3) is 6.01 Å². The minimum absolute atomic E-state index is 0.250. The summed E-state index contributed by atoms with van der Waals surface area (Å²) >= 11 is 0. The van der Waals surface area contributed by atoms with Gasteiger partial charge in [-0.3, -0.25) is 4.57 Å². The van der Waals surface area contributed by atoms with Crippen LogP contribution >= 0.6 is 0 Å².